The van der Waals surface area contributed by atoms with Crippen LogP contribution in [0.15, 0.2) is 54.6 Å². The third-order valence-electron chi connectivity index (χ3n) is 10.9. The van der Waals surface area contributed by atoms with Crippen LogP contribution in [0.3, 0.4) is 0 Å². The van der Waals surface area contributed by atoms with E-state index in [1.807, 2.05) is 42.5 Å². The number of likely N-dealkylation sites (tertiary alicyclic amines) is 1. The van der Waals surface area contributed by atoms with E-state index in [1.165, 1.54) is 25.7 Å². The van der Waals surface area contributed by atoms with Crippen LogP contribution in [0.4, 0.5) is 5.69 Å². The van der Waals surface area contributed by atoms with Gasteiger partial charge in [0.2, 0.25) is 17.7 Å². The summed E-state index contributed by atoms with van der Waals surface area (Å²) in [5.41, 5.74) is 0.964. The average molecular weight is 691 g/mol. The highest BCUT2D eigenvalue weighted by atomic mass is 35.5. The fraction of sp³-hybridized carbons (Fsp3) is 0.579. The maximum absolute atomic E-state index is 14.2. The number of carbonyl (C=O) groups excluding carboxylic acids is 4. The van der Waals surface area contributed by atoms with E-state index < -0.39 is 11.6 Å². The number of carbonyl (C=O) groups is 4. The molecular weight excluding hydrogens is 640 g/mol. The first-order chi connectivity index (χ1) is 23.8. The van der Waals surface area contributed by atoms with E-state index in [9.17, 15) is 19.2 Å². The summed E-state index contributed by atoms with van der Waals surface area (Å²) in [5.74, 6) is -0.537. The summed E-state index contributed by atoms with van der Waals surface area (Å²) in [6.45, 7) is 1.24. The number of hydrogen-bond donors (Lipinski definition) is 3. The number of anilines is 1. The molecule has 1 atom stereocenters. The highest BCUT2D eigenvalue weighted by molar-refractivity contribution is 6.30. The Labute approximate surface area is 295 Å². The van der Waals surface area contributed by atoms with Crippen molar-refractivity contribution in [1.29, 1.82) is 0 Å². The van der Waals surface area contributed by atoms with Crippen molar-refractivity contribution in [2.24, 2.45) is 0 Å². The van der Waals surface area contributed by atoms with E-state index in [1.54, 1.807) is 21.9 Å². The molecule has 2 aliphatic carbocycles. The van der Waals surface area contributed by atoms with Crippen molar-refractivity contribution in [3.8, 4) is 0 Å². The Balaban J connectivity index is 1.13. The van der Waals surface area contributed by atoms with Crippen LogP contribution in [-0.4, -0.2) is 89.9 Å². The lowest BCUT2D eigenvalue weighted by Gasteiger charge is -2.44. The Morgan fingerprint density at radius 1 is 0.816 bits per heavy atom. The maximum Gasteiger partial charge on any atom is 0.250 e. The average Bonchev–Trinajstić information content (AvgIpc) is 3.38. The van der Waals surface area contributed by atoms with E-state index in [0.29, 0.717) is 50.1 Å². The third kappa shape index (κ3) is 8.76. The van der Waals surface area contributed by atoms with Gasteiger partial charge in [0.05, 0.1) is 13.2 Å². The summed E-state index contributed by atoms with van der Waals surface area (Å²) < 4.78 is 0. The number of piperidine rings is 1. The van der Waals surface area contributed by atoms with E-state index >= 15 is 0 Å². The van der Waals surface area contributed by atoms with Gasteiger partial charge in [-0.3, -0.25) is 19.2 Å². The van der Waals surface area contributed by atoms with Gasteiger partial charge in [0.25, 0.3) is 5.91 Å². The van der Waals surface area contributed by atoms with Gasteiger partial charge in [-0.25, -0.2) is 0 Å². The second kappa shape index (κ2) is 16.4. The van der Waals surface area contributed by atoms with Crippen LogP contribution in [0.25, 0.3) is 0 Å². The summed E-state index contributed by atoms with van der Waals surface area (Å²) >= 11 is 6.13. The van der Waals surface area contributed by atoms with Crippen molar-refractivity contribution < 1.29 is 19.2 Å². The fourth-order valence-corrected chi connectivity index (χ4v) is 8.30. The lowest BCUT2D eigenvalue weighted by molar-refractivity contribution is -0.141. The van der Waals surface area contributed by atoms with Gasteiger partial charge in [0, 0.05) is 42.3 Å². The molecule has 3 N–H and O–H groups in total. The highest BCUT2D eigenvalue weighted by Crippen LogP contribution is 2.39. The number of hydrogen-bond acceptors (Lipinski definition) is 6. The molecule has 11 heteroatoms. The summed E-state index contributed by atoms with van der Waals surface area (Å²) in [4.78, 5) is 60.3. The van der Waals surface area contributed by atoms with Gasteiger partial charge in [-0.05, 0) is 68.4 Å². The van der Waals surface area contributed by atoms with Crippen LogP contribution in [-0.2, 0) is 25.6 Å². The zero-order valence-corrected chi connectivity index (χ0v) is 29.3. The number of para-hydroxylation sites is 1. The number of rotatable bonds is 11. The second-order valence-corrected chi connectivity index (χ2v) is 14.8. The Hall–Kier alpha value is -3.63. The van der Waals surface area contributed by atoms with Gasteiger partial charge in [0.15, 0.2) is 0 Å². The summed E-state index contributed by atoms with van der Waals surface area (Å²) in [7, 11) is 0. The molecule has 4 fully saturated rings. The van der Waals surface area contributed by atoms with Gasteiger partial charge >= 0.3 is 0 Å². The maximum atomic E-state index is 14.2. The van der Waals surface area contributed by atoms with Crippen molar-refractivity contribution in [3.63, 3.8) is 0 Å². The van der Waals surface area contributed by atoms with E-state index in [-0.39, 0.29) is 42.8 Å². The monoisotopic (exact) mass is 690 g/mol. The summed E-state index contributed by atoms with van der Waals surface area (Å²) in [6, 6.07) is 17.0. The first-order valence-corrected chi connectivity index (χ1v) is 18.7. The molecule has 2 aromatic rings. The van der Waals surface area contributed by atoms with Gasteiger partial charge < -0.3 is 30.7 Å². The SMILES string of the molecule is O=C(CN1CN(c2ccccc2)C2(CCN(C(=O)C(Cc3ccc(Cl)cc3)NC(=O)CNC3CCCCC3)CC2)C1=O)NC1CCCCC1. The summed E-state index contributed by atoms with van der Waals surface area (Å²) in [6.07, 6.45) is 12.3. The molecule has 1 unspecified atom stereocenters. The fourth-order valence-electron chi connectivity index (χ4n) is 8.18. The number of halogens is 1. The molecule has 1 spiro atoms. The molecule has 0 radical (unpaired) electrons. The van der Waals surface area contributed by atoms with E-state index in [2.05, 4.69) is 20.9 Å². The minimum absolute atomic E-state index is 0.0210. The molecule has 0 aromatic heterocycles. The molecule has 2 aliphatic heterocycles. The lowest BCUT2D eigenvalue weighted by Crippen LogP contribution is -2.60. The Kier molecular flexibility index (Phi) is 11.8. The summed E-state index contributed by atoms with van der Waals surface area (Å²) in [5, 5.41) is 10.2. The van der Waals surface area contributed by atoms with Crippen LogP contribution in [0.1, 0.15) is 82.6 Å². The highest BCUT2D eigenvalue weighted by Gasteiger charge is 2.54. The zero-order chi connectivity index (χ0) is 34.2. The third-order valence-corrected chi connectivity index (χ3v) is 11.2. The molecule has 6 rings (SSSR count). The van der Waals surface area contributed by atoms with Crippen LogP contribution >= 0.6 is 11.6 Å². The van der Waals surface area contributed by atoms with Crippen LogP contribution in [0.2, 0.25) is 5.02 Å². The Bertz CT molecular complexity index is 1440. The van der Waals surface area contributed by atoms with Gasteiger partial charge in [0.1, 0.15) is 18.1 Å². The molecular formula is C38H51ClN6O4. The molecule has 2 saturated carbocycles. The van der Waals surface area contributed by atoms with Crippen molar-refractivity contribution in [2.45, 2.75) is 107 Å². The van der Waals surface area contributed by atoms with Crippen LogP contribution in [0, 0.1) is 0 Å². The lowest BCUT2D eigenvalue weighted by atomic mass is 9.85. The largest absolute Gasteiger partial charge is 0.352 e. The molecule has 49 heavy (non-hydrogen) atoms. The topological polar surface area (TPSA) is 114 Å². The molecule has 4 amide bonds. The smallest absolute Gasteiger partial charge is 0.250 e. The van der Waals surface area contributed by atoms with Crippen molar-refractivity contribution in [3.05, 3.63) is 65.2 Å². The normalized spacial score (nSPS) is 20.8. The van der Waals surface area contributed by atoms with Gasteiger partial charge in [-0.2, -0.15) is 0 Å². The quantitative estimate of drug-likeness (QED) is 0.322. The molecule has 2 saturated heterocycles. The predicted molar refractivity (Wildman–Crippen MR) is 191 cm³/mol. The molecule has 2 aromatic carbocycles. The second-order valence-electron chi connectivity index (χ2n) is 14.3. The van der Waals surface area contributed by atoms with E-state index in [4.69, 9.17) is 11.6 Å². The minimum Gasteiger partial charge on any atom is -0.352 e. The van der Waals surface area contributed by atoms with Gasteiger partial charge in [-0.1, -0.05) is 80.5 Å². The zero-order valence-electron chi connectivity index (χ0n) is 28.5. The van der Waals surface area contributed by atoms with Crippen LogP contribution in [0.5, 0.6) is 0 Å². The Morgan fingerprint density at radius 2 is 1.45 bits per heavy atom. The molecule has 0 bridgehead atoms. The number of benzene rings is 2. The molecule has 2 heterocycles. The molecule has 10 nitrogen and oxygen atoms in total. The first kappa shape index (κ1) is 35.2. The Morgan fingerprint density at radius 3 is 2.10 bits per heavy atom. The molecule has 264 valence electrons. The minimum atomic E-state index is -0.859. The van der Waals surface area contributed by atoms with Crippen molar-refractivity contribution in [2.75, 3.05) is 37.7 Å². The first-order valence-electron chi connectivity index (χ1n) is 18.3. The van der Waals surface area contributed by atoms with E-state index in [0.717, 1.165) is 49.8 Å². The predicted octanol–water partition coefficient (Wildman–Crippen LogP) is 4.41. The number of nitrogens with zero attached hydrogens (tertiary/aromatic N) is 3. The number of amides is 4. The number of nitrogens with one attached hydrogen (secondary N) is 3. The standard InChI is InChI=1S/C38H51ClN6O4/c39-29-18-16-28(17-19-29)24-33(42-34(46)25-40-30-10-4-1-5-11-30)36(48)43-22-20-38(21-23-43)37(49)44(27-45(38)32-14-8-3-9-15-32)26-35(47)41-31-12-6-2-7-13-31/h3,8-9,14-19,30-31,33,40H,1-2,4-7,10-13,20-27H2,(H,41,47)(H,42,46). The van der Waals surface area contributed by atoms with Gasteiger partial charge in [-0.15, -0.1) is 0 Å². The van der Waals surface area contributed by atoms with Crippen molar-refractivity contribution in [1.82, 2.24) is 25.8 Å². The molecule has 4 aliphatic rings. The van der Waals surface area contributed by atoms with Crippen LogP contribution < -0.4 is 20.9 Å². The van der Waals surface area contributed by atoms with Crippen molar-refractivity contribution >= 4 is 40.9 Å².